The number of esters is 2. The summed E-state index contributed by atoms with van der Waals surface area (Å²) in [6, 6.07) is 6.93. The van der Waals surface area contributed by atoms with Crippen LogP contribution >= 0.6 is 0 Å². The Morgan fingerprint density at radius 3 is 2.08 bits per heavy atom. The first-order chi connectivity index (χ1) is 17.0. The highest BCUT2D eigenvalue weighted by Crippen LogP contribution is 2.45. The van der Waals surface area contributed by atoms with E-state index in [1.165, 1.54) is 52.5 Å². The molecule has 0 saturated carbocycles. The van der Waals surface area contributed by atoms with Crippen LogP contribution in [0.3, 0.4) is 0 Å². The zero-order chi connectivity index (χ0) is 26.8. The lowest BCUT2D eigenvalue weighted by molar-refractivity contribution is -0.112. The van der Waals surface area contributed by atoms with Crippen molar-refractivity contribution < 1.29 is 41.7 Å². The van der Waals surface area contributed by atoms with Crippen molar-refractivity contribution in [2.24, 2.45) is 0 Å². The van der Waals surface area contributed by atoms with E-state index in [0.717, 1.165) is 11.4 Å². The topological polar surface area (TPSA) is 138 Å². The van der Waals surface area contributed by atoms with Gasteiger partial charge in [0.2, 0.25) is 0 Å². The second kappa shape index (κ2) is 10.3. The zero-order valence-corrected chi connectivity index (χ0v) is 21.4. The maximum atomic E-state index is 13.6. The van der Waals surface area contributed by atoms with E-state index in [0.29, 0.717) is 22.7 Å². The van der Waals surface area contributed by atoms with Gasteiger partial charge in [-0.3, -0.25) is 9.10 Å². The first kappa shape index (κ1) is 26.5. The molecule has 0 fully saturated rings. The molecule has 3 rings (SSSR count). The average molecular weight is 519 g/mol. The van der Waals surface area contributed by atoms with Crippen LogP contribution in [0.25, 0.3) is 5.57 Å². The fourth-order valence-electron chi connectivity index (χ4n) is 3.92. The molecule has 0 aromatic heterocycles. The Balaban J connectivity index is 2.20. The number of nitrogens with zero attached hydrogens (tertiary/aromatic N) is 1. The highest BCUT2D eigenvalue weighted by molar-refractivity contribution is 7.97. The maximum Gasteiger partial charge on any atom is 0.339 e. The van der Waals surface area contributed by atoms with Crippen LogP contribution in [0.5, 0.6) is 11.5 Å². The predicted octanol–water partition coefficient (Wildman–Crippen LogP) is 2.82. The summed E-state index contributed by atoms with van der Waals surface area (Å²) in [6.07, 6.45) is 0. The monoisotopic (exact) mass is 518 g/mol. The van der Waals surface area contributed by atoms with Crippen LogP contribution in [0.4, 0.5) is 11.4 Å². The summed E-state index contributed by atoms with van der Waals surface area (Å²) in [7, 11) is 0.888. The van der Waals surface area contributed by atoms with Crippen molar-refractivity contribution in [2.45, 2.75) is 13.8 Å². The molecule has 1 aliphatic heterocycles. The molecule has 0 bridgehead atoms. The van der Waals surface area contributed by atoms with Crippen molar-refractivity contribution in [1.82, 2.24) is 0 Å². The molecule has 1 N–H and O–H groups in total. The number of sulfonamides is 1. The average Bonchev–Trinajstić information content (AvgIpc) is 2.86. The smallest absolute Gasteiger partial charge is 0.339 e. The molecule has 1 amide bonds. The van der Waals surface area contributed by atoms with E-state index in [4.69, 9.17) is 18.9 Å². The SMILES string of the molecule is CCN1c2cc(OC)c(OC)cc2C(C)=C(C(=O)Nc2cc(C(=O)OC)ccc2C(=O)OC)S1(=O)=O. The van der Waals surface area contributed by atoms with Gasteiger partial charge in [-0.25, -0.2) is 18.0 Å². The van der Waals surface area contributed by atoms with Crippen LogP contribution in [0.1, 0.15) is 40.1 Å². The Kier molecular flexibility index (Phi) is 7.58. The van der Waals surface area contributed by atoms with Gasteiger partial charge in [0.15, 0.2) is 16.4 Å². The van der Waals surface area contributed by atoms with Crippen LogP contribution in [0.2, 0.25) is 0 Å². The summed E-state index contributed by atoms with van der Waals surface area (Å²) in [5, 5.41) is 2.46. The van der Waals surface area contributed by atoms with Crippen LogP contribution in [-0.4, -0.2) is 61.2 Å². The van der Waals surface area contributed by atoms with Crippen molar-refractivity contribution in [1.29, 1.82) is 0 Å². The second-order valence-corrected chi connectivity index (χ2v) is 9.35. The normalized spacial score (nSPS) is 14.0. The van der Waals surface area contributed by atoms with Crippen molar-refractivity contribution in [2.75, 3.05) is 44.6 Å². The van der Waals surface area contributed by atoms with Gasteiger partial charge in [0.05, 0.1) is 50.9 Å². The number of amides is 1. The Morgan fingerprint density at radius 2 is 1.53 bits per heavy atom. The van der Waals surface area contributed by atoms with E-state index < -0.39 is 32.8 Å². The molecule has 0 spiro atoms. The molecule has 36 heavy (non-hydrogen) atoms. The Morgan fingerprint density at radius 1 is 0.917 bits per heavy atom. The lowest BCUT2D eigenvalue weighted by atomic mass is 10.0. The van der Waals surface area contributed by atoms with Gasteiger partial charge in [-0.2, -0.15) is 0 Å². The number of carbonyl (C=O) groups is 3. The fourth-order valence-corrected chi connectivity index (χ4v) is 5.67. The lowest BCUT2D eigenvalue weighted by Crippen LogP contribution is -2.39. The molecular formula is C24H26N2O9S. The van der Waals surface area contributed by atoms with Gasteiger partial charge in [0.25, 0.3) is 15.9 Å². The molecule has 0 radical (unpaired) electrons. The molecule has 1 heterocycles. The fraction of sp³-hybridized carbons (Fsp3) is 0.292. The van der Waals surface area contributed by atoms with E-state index in [2.05, 4.69) is 5.32 Å². The first-order valence-corrected chi connectivity index (χ1v) is 12.1. The third-order valence-corrected chi connectivity index (χ3v) is 7.69. The number of hydrogen-bond donors (Lipinski definition) is 1. The van der Waals surface area contributed by atoms with E-state index in [9.17, 15) is 22.8 Å². The number of anilines is 2. The summed E-state index contributed by atoms with van der Waals surface area (Å²) in [5.74, 6) is -1.83. The third kappa shape index (κ3) is 4.47. The molecule has 0 unspecified atom stereocenters. The Labute approximate surface area is 208 Å². The molecule has 2 aromatic carbocycles. The Bertz CT molecular complexity index is 1380. The predicted molar refractivity (Wildman–Crippen MR) is 132 cm³/mol. The van der Waals surface area contributed by atoms with Crippen molar-refractivity contribution >= 4 is 44.8 Å². The molecule has 2 aromatic rings. The number of carbonyl (C=O) groups excluding carboxylic acids is 3. The third-order valence-electron chi connectivity index (χ3n) is 5.65. The van der Waals surface area contributed by atoms with Gasteiger partial charge in [-0.15, -0.1) is 0 Å². The standard InChI is InChI=1S/C24H26N2O9S/c1-7-26-18-12-20(33-4)19(32-3)11-16(18)13(2)21(36(26,30)31)22(27)25-17-10-14(23(28)34-5)8-9-15(17)24(29)35-6/h8-12H,7H2,1-6H3,(H,25,27). The number of methoxy groups -OCH3 is 4. The van der Waals surface area contributed by atoms with Crippen LogP contribution in [-0.2, 0) is 24.3 Å². The highest BCUT2D eigenvalue weighted by Gasteiger charge is 2.40. The molecule has 0 atom stereocenters. The van der Waals surface area contributed by atoms with Crippen LogP contribution < -0.4 is 19.1 Å². The summed E-state index contributed by atoms with van der Waals surface area (Å²) in [6.45, 7) is 3.15. The minimum Gasteiger partial charge on any atom is -0.493 e. The van der Waals surface area contributed by atoms with E-state index in [1.807, 2.05) is 0 Å². The number of allylic oxidation sites excluding steroid dienone is 1. The van der Waals surface area contributed by atoms with Crippen LogP contribution in [0.15, 0.2) is 35.2 Å². The Hall–Kier alpha value is -4.06. The van der Waals surface area contributed by atoms with E-state index >= 15 is 0 Å². The summed E-state index contributed by atoms with van der Waals surface area (Å²) < 4.78 is 48.3. The quantitative estimate of drug-likeness (QED) is 0.548. The first-order valence-electron chi connectivity index (χ1n) is 10.7. The number of nitrogens with one attached hydrogen (secondary N) is 1. The molecule has 11 nitrogen and oxygen atoms in total. The summed E-state index contributed by atoms with van der Waals surface area (Å²) >= 11 is 0. The van der Waals surface area contributed by atoms with Gasteiger partial charge in [-0.1, -0.05) is 0 Å². The highest BCUT2D eigenvalue weighted by atomic mass is 32.2. The second-order valence-electron chi connectivity index (χ2n) is 7.55. The number of hydrogen-bond acceptors (Lipinski definition) is 9. The summed E-state index contributed by atoms with van der Waals surface area (Å²) in [5.41, 5.74) is 0.778. The number of ether oxygens (including phenoxy) is 4. The van der Waals surface area contributed by atoms with Crippen molar-refractivity contribution in [3.63, 3.8) is 0 Å². The number of fused-ring (bicyclic) bond motifs is 1. The van der Waals surface area contributed by atoms with E-state index in [1.54, 1.807) is 13.0 Å². The maximum absolute atomic E-state index is 13.6. The largest absolute Gasteiger partial charge is 0.493 e. The number of benzene rings is 2. The molecule has 1 aliphatic rings. The molecule has 0 saturated heterocycles. The van der Waals surface area contributed by atoms with Gasteiger partial charge in [0.1, 0.15) is 0 Å². The molecule has 0 aliphatic carbocycles. The lowest BCUT2D eigenvalue weighted by Gasteiger charge is -2.32. The molecule has 192 valence electrons. The molecule has 12 heteroatoms. The van der Waals surface area contributed by atoms with Crippen molar-refractivity contribution in [3.05, 3.63) is 51.9 Å². The summed E-state index contributed by atoms with van der Waals surface area (Å²) in [4.78, 5) is 37.2. The van der Waals surface area contributed by atoms with Crippen molar-refractivity contribution in [3.8, 4) is 11.5 Å². The van der Waals surface area contributed by atoms with Gasteiger partial charge >= 0.3 is 11.9 Å². The zero-order valence-electron chi connectivity index (χ0n) is 20.6. The van der Waals surface area contributed by atoms with Crippen LogP contribution in [0, 0.1) is 0 Å². The minimum absolute atomic E-state index is 0.0279. The molecular weight excluding hydrogens is 492 g/mol. The van der Waals surface area contributed by atoms with E-state index in [-0.39, 0.29) is 28.9 Å². The minimum atomic E-state index is -4.31. The van der Waals surface area contributed by atoms with Gasteiger partial charge in [0, 0.05) is 18.2 Å². The number of rotatable bonds is 7. The van der Waals surface area contributed by atoms with Gasteiger partial charge < -0.3 is 24.3 Å². The van der Waals surface area contributed by atoms with Gasteiger partial charge in [-0.05, 0) is 43.7 Å².